The molecule has 3 heterocycles. The second-order valence-corrected chi connectivity index (χ2v) is 3.16. The van der Waals surface area contributed by atoms with Gasteiger partial charge in [0.15, 0.2) is 0 Å². The lowest BCUT2D eigenvalue weighted by Crippen LogP contribution is -1.92. The lowest BCUT2D eigenvalue weighted by molar-refractivity contribution is 1.11. The molecule has 0 saturated carbocycles. The van der Waals surface area contributed by atoms with Gasteiger partial charge in [-0.1, -0.05) is 0 Å². The molecule has 0 fully saturated rings. The molecular weight excluding hydrogens is 224 g/mol. The van der Waals surface area contributed by atoms with Crippen LogP contribution in [0.25, 0.3) is 17.0 Å². The summed E-state index contributed by atoms with van der Waals surface area (Å²) in [5.41, 5.74) is 2.18. The smallest absolute Gasteiger partial charge is 0.234 e. The molecule has 0 radical (unpaired) electrons. The van der Waals surface area contributed by atoms with E-state index in [2.05, 4.69) is 15.0 Å². The average Bonchev–Trinajstić information content (AvgIpc) is 2.78. The van der Waals surface area contributed by atoms with E-state index in [4.69, 9.17) is 0 Å². The van der Waals surface area contributed by atoms with Gasteiger partial charge in [0, 0.05) is 36.5 Å². The van der Waals surface area contributed by atoms with Gasteiger partial charge in [0.1, 0.15) is 0 Å². The van der Waals surface area contributed by atoms with Crippen molar-refractivity contribution in [3.63, 3.8) is 0 Å². The minimum absolute atomic E-state index is 0. The number of halogens is 1. The number of hydrogen-bond donors (Lipinski definition) is 0. The van der Waals surface area contributed by atoms with E-state index in [1.54, 1.807) is 24.8 Å². The Hall–Kier alpha value is -1.94. The average molecular weight is 233 g/mol. The molecule has 0 aliphatic rings. The molecule has 0 spiro atoms. The van der Waals surface area contributed by atoms with Crippen molar-refractivity contribution in [1.29, 1.82) is 0 Å². The number of imidazole rings is 1. The van der Waals surface area contributed by atoms with Gasteiger partial charge in [0.2, 0.25) is 5.78 Å². The highest BCUT2D eigenvalue weighted by Crippen LogP contribution is 2.17. The van der Waals surface area contributed by atoms with Crippen LogP contribution in [-0.2, 0) is 0 Å². The highest BCUT2D eigenvalue weighted by molar-refractivity contribution is 5.85. The molecule has 5 heteroatoms. The molecule has 0 atom stereocenters. The minimum atomic E-state index is 0. The number of rotatable bonds is 1. The largest absolute Gasteiger partial charge is 0.284 e. The third-order valence-electron chi connectivity index (χ3n) is 2.28. The SMILES string of the molecule is Cl.c1cc(-c2ccnc3nccn23)ccn1. The molecule has 80 valence electrons. The molecular formula is C11H9ClN4. The molecule has 0 bridgehead atoms. The quantitative estimate of drug-likeness (QED) is 0.646. The molecule has 0 aliphatic carbocycles. The first-order chi connectivity index (χ1) is 7.45. The lowest BCUT2D eigenvalue weighted by Gasteiger charge is -2.03. The fraction of sp³-hybridized carbons (Fsp3) is 0. The van der Waals surface area contributed by atoms with Crippen LogP contribution in [-0.4, -0.2) is 19.4 Å². The molecule has 0 saturated heterocycles. The van der Waals surface area contributed by atoms with Crippen LogP contribution in [0.3, 0.4) is 0 Å². The molecule has 3 aromatic heterocycles. The van der Waals surface area contributed by atoms with Crippen molar-refractivity contribution in [3.8, 4) is 11.3 Å². The summed E-state index contributed by atoms with van der Waals surface area (Å²) in [6.07, 6.45) is 8.96. The van der Waals surface area contributed by atoms with Crippen molar-refractivity contribution < 1.29 is 0 Å². The van der Waals surface area contributed by atoms with Crippen molar-refractivity contribution in [1.82, 2.24) is 19.4 Å². The molecule has 4 nitrogen and oxygen atoms in total. The van der Waals surface area contributed by atoms with E-state index in [0.29, 0.717) is 5.78 Å². The Bertz CT molecular complexity index is 591. The van der Waals surface area contributed by atoms with Crippen LogP contribution in [0.15, 0.2) is 49.2 Å². The van der Waals surface area contributed by atoms with Gasteiger partial charge in [-0.25, -0.2) is 9.97 Å². The predicted molar refractivity (Wildman–Crippen MR) is 63.5 cm³/mol. The molecule has 0 N–H and O–H groups in total. The van der Waals surface area contributed by atoms with Gasteiger partial charge in [0.05, 0.1) is 5.69 Å². The second kappa shape index (κ2) is 4.28. The molecule has 0 aromatic carbocycles. The van der Waals surface area contributed by atoms with Crippen molar-refractivity contribution in [2.75, 3.05) is 0 Å². The first-order valence-electron chi connectivity index (χ1n) is 4.63. The Morgan fingerprint density at radius 2 is 1.62 bits per heavy atom. The zero-order valence-electron chi connectivity index (χ0n) is 8.32. The minimum Gasteiger partial charge on any atom is -0.284 e. The fourth-order valence-electron chi connectivity index (χ4n) is 1.59. The maximum Gasteiger partial charge on any atom is 0.234 e. The van der Waals surface area contributed by atoms with Crippen molar-refractivity contribution >= 4 is 18.2 Å². The zero-order chi connectivity index (χ0) is 10.1. The predicted octanol–water partition coefficient (Wildman–Crippen LogP) is 2.21. The Morgan fingerprint density at radius 1 is 0.875 bits per heavy atom. The van der Waals surface area contributed by atoms with Crippen LogP contribution in [0.2, 0.25) is 0 Å². The van der Waals surface area contributed by atoms with E-state index in [-0.39, 0.29) is 12.4 Å². The van der Waals surface area contributed by atoms with Crippen LogP contribution >= 0.6 is 12.4 Å². The van der Waals surface area contributed by atoms with Crippen LogP contribution in [0.5, 0.6) is 0 Å². The number of fused-ring (bicyclic) bond motifs is 1. The summed E-state index contributed by atoms with van der Waals surface area (Å²) in [6.45, 7) is 0. The summed E-state index contributed by atoms with van der Waals surface area (Å²) >= 11 is 0. The summed E-state index contributed by atoms with van der Waals surface area (Å²) in [7, 11) is 0. The molecule has 0 unspecified atom stereocenters. The molecule has 0 amide bonds. The van der Waals surface area contributed by atoms with E-state index in [9.17, 15) is 0 Å². The third kappa shape index (κ3) is 1.63. The van der Waals surface area contributed by atoms with Crippen molar-refractivity contribution in [2.45, 2.75) is 0 Å². The van der Waals surface area contributed by atoms with Crippen LogP contribution in [0.4, 0.5) is 0 Å². The second-order valence-electron chi connectivity index (χ2n) is 3.16. The third-order valence-corrected chi connectivity index (χ3v) is 2.28. The van der Waals surface area contributed by atoms with Crippen LogP contribution in [0.1, 0.15) is 0 Å². The molecule has 16 heavy (non-hydrogen) atoms. The van der Waals surface area contributed by atoms with Gasteiger partial charge < -0.3 is 0 Å². The van der Waals surface area contributed by atoms with Gasteiger partial charge in [-0.05, 0) is 18.2 Å². The van der Waals surface area contributed by atoms with E-state index in [1.165, 1.54) is 0 Å². The van der Waals surface area contributed by atoms with Crippen LogP contribution in [0, 0.1) is 0 Å². The number of nitrogens with zero attached hydrogens (tertiary/aromatic N) is 4. The fourth-order valence-corrected chi connectivity index (χ4v) is 1.59. The summed E-state index contributed by atoms with van der Waals surface area (Å²) < 4.78 is 1.95. The van der Waals surface area contributed by atoms with E-state index < -0.39 is 0 Å². The van der Waals surface area contributed by atoms with Crippen molar-refractivity contribution in [3.05, 3.63) is 49.2 Å². The van der Waals surface area contributed by atoms with Gasteiger partial charge in [-0.2, -0.15) is 0 Å². The summed E-state index contributed by atoms with van der Waals surface area (Å²) in [6, 6.07) is 5.90. The number of pyridine rings is 1. The zero-order valence-corrected chi connectivity index (χ0v) is 9.13. The van der Waals surface area contributed by atoms with E-state index in [0.717, 1.165) is 11.3 Å². The summed E-state index contributed by atoms with van der Waals surface area (Å²) in [5.74, 6) is 0.712. The lowest BCUT2D eigenvalue weighted by atomic mass is 10.2. The first-order valence-corrected chi connectivity index (χ1v) is 4.63. The molecule has 3 rings (SSSR count). The Kier molecular flexibility index (Phi) is 2.83. The van der Waals surface area contributed by atoms with Crippen LogP contribution < -0.4 is 0 Å². The van der Waals surface area contributed by atoms with E-state index in [1.807, 2.05) is 28.8 Å². The number of hydrogen-bond acceptors (Lipinski definition) is 3. The highest BCUT2D eigenvalue weighted by Gasteiger charge is 2.02. The first kappa shape index (κ1) is 10.6. The Morgan fingerprint density at radius 3 is 2.44 bits per heavy atom. The van der Waals surface area contributed by atoms with Gasteiger partial charge in [0.25, 0.3) is 0 Å². The summed E-state index contributed by atoms with van der Waals surface area (Å²) in [4.78, 5) is 12.3. The Balaban J connectivity index is 0.000000963. The van der Waals surface area contributed by atoms with Gasteiger partial charge in [-0.15, -0.1) is 12.4 Å². The molecule has 0 aliphatic heterocycles. The van der Waals surface area contributed by atoms with Gasteiger partial charge >= 0.3 is 0 Å². The highest BCUT2D eigenvalue weighted by atomic mass is 35.5. The van der Waals surface area contributed by atoms with Gasteiger partial charge in [-0.3, -0.25) is 9.38 Å². The normalized spacial score (nSPS) is 10.0. The van der Waals surface area contributed by atoms with Crippen molar-refractivity contribution in [2.24, 2.45) is 0 Å². The monoisotopic (exact) mass is 232 g/mol. The maximum atomic E-state index is 4.16. The standard InChI is InChI=1S/C11H8N4.ClH/c1-4-12-5-2-9(1)10-3-6-13-11-14-7-8-15(10)11;/h1-8H;1H. The molecule has 3 aromatic rings. The Labute approximate surface area is 98.4 Å². The number of aromatic nitrogens is 4. The summed E-state index contributed by atoms with van der Waals surface area (Å²) in [5, 5.41) is 0. The van der Waals surface area contributed by atoms with E-state index >= 15 is 0 Å². The topological polar surface area (TPSA) is 43.1 Å². The maximum absolute atomic E-state index is 4.16.